The van der Waals surface area contributed by atoms with Gasteiger partial charge >= 0.3 is 37.7 Å². The summed E-state index contributed by atoms with van der Waals surface area (Å²) in [4.78, 5) is 18.2. The van der Waals surface area contributed by atoms with Crippen LogP contribution in [0, 0.1) is 0 Å². The van der Waals surface area contributed by atoms with Crippen LogP contribution in [0.3, 0.4) is 0 Å². The van der Waals surface area contributed by atoms with E-state index in [0.717, 1.165) is 22.0 Å². The maximum Gasteiger partial charge on any atom is 2.00 e. The molecule has 0 heterocycles. The average Bonchev–Trinajstić information content (AvgIpc) is 0.722. The Morgan fingerprint density at radius 3 is 1.50 bits per heavy atom. The van der Waals surface area contributed by atoms with Crippen LogP contribution >= 0.6 is 27.3 Å². The Hall–Kier alpha value is 2.14. The normalized spacial score (nSPS) is 9.83. The Labute approximate surface area is 78.1 Å². The molecule has 0 aliphatic heterocycles. The molecule has 0 N–H and O–H groups in total. The van der Waals surface area contributed by atoms with E-state index < -0.39 is 5.24 Å². The smallest absolute Gasteiger partial charge is 0.803 e. The zero-order chi connectivity index (χ0) is 4.50. The summed E-state index contributed by atoms with van der Waals surface area (Å²) in [7, 11) is 0. The second-order valence-corrected chi connectivity index (χ2v) is 4.84. The van der Waals surface area contributed by atoms with Gasteiger partial charge in [0, 0.05) is 0 Å². The van der Waals surface area contributed by atoms with Gasteiger partial charge in [0.05, 0.1) is 0 Å². The van der Waals surface area contributed by atoms with Crippen LogP contribution in [-0.4, -0.2) is 37.7 Å². The summed E-state index contributed by atoms with van der Waals surface area (Å²) in [5.74, 6) is 0. The van der Waals surface area contributed by atoms with E-state index in [1.165, 1.54) is 0 Å². The Morgan fingerprint density at radius 2 is 1.50 bits per heavy atom. The molecule has 0 bridgehead atoms. The van der Waals surface area contributed by atoms with Gasteiger partial charge in [-0.15, -0.1) is 0 Å². The van der Waals surface area contributed by atoms with Crippen LogP contribution in [0.1, 0.15) is 0 Å². The molecule has 0 aromatic carbocycles. The van der Waals surface area contributed by atoms with E-state index >= 15 is 0 Å². The summed E-state index contributed by atoms with van der Waals surface area (Å²) >= 11 is 0.822. The molecule has 6 heteroatoms. The molecule has 0 radical (unpaired) electrons. The van der Waals surface area contributed by atoms with Crippen molar-refractivity contribution in [2.24, 2.45) is 0 Å². The molecule has 0 spiro atoms. The molecule has 0 aromatic heterocycles. The minimum absolute atomic E-state index is 0. The van der Waals surface area contributed by atoms with E-state index in [4.69, 9.17) is 14.4 Å². The molecular weight excluding hydrogens is 246 g/mol. The van der Waals surface area contributed by atoms with Gasteiger partial charge in [0.15, 0.2) is 0 Å². The van der Waals surface area contributed by atoms with Crippen LogP contribution < -0.4 is 9.79 Å². The third-order valence-corrected chi connectivity index (χ3v) is 0. The summed E-state index contributed by atoms with van der Waals surface area (Å²) in [6, 6.07) is 0. The van der Waals surface area contributed by atoms with Gasteiger partial charge in [-0.05, 0) is 27.3 Å². The average molecular weight is 246 g/mol. The van der Waals surface area contributed by atoms with Crippen molar-refractivity contribution < 1.29 is 14.4 Å². The van der Waals surface area contributed by atoms with Gasteiger partial charge in [0.2, 0.25) is 0 Å². The summed E-state index contributed by atoms with van der Waals surface area (Å²) in [5.41, 5.74) is 0. The Kier molecular flexibility index (Phi) is 7.45. The van der Waals surface area contributed by atoms with Crippen molar-refractivity contribution in [3.05, 3.63) is 0 Å². The predicted octanol–water partition coefficient (Wildman–Crippen LogP) is -1.13. The van der Waals surface area contributed by atoms with Crippen LogP contribution in [-0.2, 0) is 4.57 Å². The molecule has 6 heavy (non-hydrogen) atoms. The summed E-state index contributed by atoms with van der Waals surface area (Å²) in [5, 5.41) is -4.17. The molecule has 0 saturated heterocycles. The van der Waals surface area contributed by atoms with Crippen molar-refractivity contribution in [2.75, 3.05) is 0 Å². The van der Waals surface area contributed by atoms with E-state index in [-0.39, 0.29) is 37.7 Å². The first-order chi connectivity index (χ1) is 2.00. The van der Waals surface area contributed by atoms with Gasteiger partial charge < -0.3 is 14.4 Å². The van der Waals surface area contributed by atoms with E-state index in [0.29, 0.717) is 0 Å². The monoisotopic (exact) mass is 246 g/mol. The molecular formula is CaIO3P. The Bertz CT molecular complexity index is 56.9. The summed E-state index contributed by atoms with van der Waals surface area (Å²) < 4.78 is 9.09. The quantitative estimate of drug-likeness (QED) is 0.308. The van der Waals surface area contributed by atoms with Crippen molar-refractivity contribution in [1.29, 1.82) is 0 Å². The van der Waals surface area contributed by atoms with Crippen molar-refractivity contribution in [2.45, 2.75) is 0 Å². The third-order valence-electron chi connectivity index (χ3n) is 0. The van der Waals surface area contributed by atoms with Gasteiger partial charge in [0.25, 0.3) is 0 Å². The fourth-order valence-corrected chi connectivity index (χ4v) is 0. The zero-order valence-electron chi connectivity index (χ0n) is 2.76. The number of halogens is 1. The molecule has 0 unspecified atom stereocenters. The Balaban J connectivity index is 0. The van der Waals surface area contributed by atoms with E-state index in [1.807, 2.05) is 0 Å². The largest absolute Gasteiger partial charge is 2.00 e. The minimum Gasteiger partial charge on any atom is -0.803 e. The first-order valence-corrected chi connectivity index (χ1v) is 5.04. The van der Waals surface area contributed by atoms with Crippen molar-refractivity contribution in [3.8, 4) is 0 Å². The maximum atomic E-state index is 9.09. The summed E-state index contributed by atoms with van der Waals surface area (Å²) in [6.45, 7) is 0. The molecule has 0 aliphatic rings. The molecule has 0 aliphatic carbocycles. The second kappa shape index (κ2) is 4.06. The van der Waals surface area contributed by atoms with Gasteiger partial charge in [-0.25, -0.2) is 0 Å². The fourth-order valence-electron chi connectivity index (χ4n) is 0. The van der Waals surface area contributed by atoms with Gasteiger partial charge in [-0.1, -0.05) is 0 Å². The molecule has 32 valence electrons. The van der Waals surface area contributed by atoms with Crippen LogP contribution in [0.5, 0.6) is 0 Å². The summed E-state index contributed by atoms with van der Waals surface area (Å²) in [6.07, 6.45) is 0. The van der Waals surface area contributed by atoms with Crippen LogP contribution in [0.2, 0.25) is 0 Å². The first kappa shape index (κ1) is 11.0. The molecule has 0 saturated carbocycles. The molecule has 0 fully saturated rings. The number of rotatable bonds is 0. The van der Waals surface area contributed by atoms with Gasteiger partial charge in [0.1, 0.15) is 0 Å². The molecule has 0 amide bonds. The minimum atomic E-state index is -4.17. The fraction of sp³-hybridized carbons (Fsp3) is 0. The van der Waals surface area contributed by atoms with E-state index in [9.17, 15) is 0 Å². The van der Waals surface area contributed by atoms with Crippen LogP contribution in [0.4, 0.5) is 0 Å². The van der Waals surface area contributed by atoms with Crippen LogP contribution in [0.15, 0.2) is 0 Å². The van der Waals surface area contributed by atoms with E-state index in [1.54, 1.807) is 0 Å². The number of hydrogen-bond donors (Lipinski definition) is 0. The van der Waals surface area contributed by atoms with Crippen LogP contribution in [0.25, 0.3) is 0 Å². The molecule has 0 aromatic rings. The van der Waals surface area contributed by atoms with Gasteiger partial charge in [-0.3, -0.25) is 0 Å². The van der Waals surface area contributed by atoms with Gasteiger partial charge in [-0.2, -0.15) is 0 Å². The molecule has 3 nitrogen and oxygen atoms in total. The zero-order valence-corrected chi connectivity index (χ0v) is 8.02. The molecule has 0 rings (SSSR count). The maximum absolute atomic E-state index is 9.09. The molecule has 0 atom stereocenters. The SMILES string of the molecule is O=P([O-])([O-])I.[Ca+2]. The van der Waals surface area contributed by atoms with Crippen molar-refractivity contribution in [1.82, 2.24) is 0 Å². The van der Waals surface area contributed by atoms with Crippen molar-refractivity contribution in [3.63, 3.8) is 0 Å². The Morgan fingerprint density at radius 1 is 1.50 bits per heavy atom. The van der Waals surface area contributed by atoms with E-state index in [2.05, 4.69) is 0 Å². The third kappa shape index (κ3) is 35.4. The topological polar surface area (TPSA) is 63.2 Å². The second-order valence-electron chi connectivity index (χ2n) is 0.431. The first-order valence-electron chi connectivity index (χ1n) is 0.717. The number of hydrogen-bond acceptors (Lipinski definition) is 3. The van der Waals surface area contributed by atoms with Crippen molar-refractivity contribution >= 4 is 65.0 Å². The standard InChI is InChI=1S/Ca.H2IO3P/c;1-5(2,3)4/h;(H2,2,3,4)/q+2;/p-2. The predicted molar refractivity (Wildman–Crippen MR) is 27.4 cm³/mol.